The zero-order valence-corrected chi connectivity index (χ0v) is 19.9. The Morgan fingerprint density at radius 2 is 1.42 bits per heavy atom. The van der Waals surface area contributed by atoms with Gasteiger partial charge in [0, 0.05) is 13.0 Å². The monoisotopic (exact) mass is 497 g/mol. The van der Waals surface area contributed by atoms with Crippen LogP contribution in [0.25, 0.3) is 0 Å². The fourth-order valence-corrected chi connectivity index (χ4v) is 4.07. The lowest BCUT2D eigenvalue weighted by Gasteiger charge is -2.13. The maximum absolute atomic E-state index is 12.1. The third-order valence-corrected chi connectivity index (χ3v) is 7.12. The number of carbonyl (C=O) groups is 2. The first-order valence-electron chi connectivity index (χ1n) is 10.0. The number of benzene rings is 2. The van der Waals surface area contributed by atoms with E-state index < -0.39 is 38.0 Å². The fraction of sp³-hybridized carbons (Fsp3) is 0.333. The minimum Gasteiger partial charge on any atom is -0.453 e. The molecule has 0 aliphatic carbocycles. The number of sulfonamides is 2. The Balaban J connectivity index is 1.74. The van der Waals surface area contributed by atoms with Crippen LogP contribution in [0.1, 0.15) is 24.5 Å². The number of nitrogens with two attached hydrogens (primary N) is 1. The molecule has 0 spiro atoms. The second-order valence-electron chi connectivity index (χ2n) is 7.21. The molecule has 2 aromatic carbocycles. The molecule has 0 saturated carbocycles. The van der Waals surface area contributed by atoms with Gasteiger partial charge < -0.3 is 10.1 Å². The molecule has 1 unspecified atom stereocenters. The topological polar surface area (TPSA) is 162 Å². The molecule has 0 bridgehead atoms. The van der Waals surface area contributed by atoms with Crippen LogP contribution in [0.5, 0.6) is 0 Å². The molecular formula is C21H27N3O7S2. The molecule has 10 nitrogen and oxygen atoms in total. The summed E-state index contributed by atoms with van der Waals surface area (Å²) in [5.74, 6) is -1.01. The first-order valence-corrected chi connectivity index (χ1v) is 13.1. The normalized spacial score (nSPS) is 12.7. The number of hydrogen-bond donors (Lipinski definition) is 3. The van der Waals surface area contributed by atoms with Crippen LogP contribution in [-0.4, -0.2) is 48.4 Å². The smallest absolute Gasteiger partial charge is 0.306 e. The van der Waals surface area contributed by atoms with Crippen LogP contribution >= 0.6 is 0 Å². The maximum atomic E-state index is 12.1. The van der Waals surface area contributed by atoms with E-state index in [1.165, 1.54) is 38.2 Å². The van der Waals surface area contributed by atoms with Gasteiger partial charge in [0.2, 0.25) is 20.0 Å². The lowest BCUT2D eigenvalue weighted by Crippen LogP contribution is -2.36. The molecule has 1 atom stereocenters. The van der Waals surface area contributed by atoms with Gasteiger partial charge in [-0.2, -0.15) is 0 Å². The van der Waals surface area contributed by atoms with E-state index >= 15 is 0 Å². The number of carbonyl (C=O) groups excluding carboxylic acids is 2. The minimum absolute atomic E-state index is 0.00904. The van der Waals surface area contributed by atoms with Crippen molar-refractivity contribution in [1.82, 2.24) is 10.0 Å². The summed E-state index contributed by atoms with van der Waals surface area (Å²) in [7, 11) is -5.95. The predicted molar refractivity (Wildman–Crippen MR) is 121 cm³/mol. The highest BCUT2D eigenvalue weighted by molar-refractivity contribution is 7.89. The van der Waals surface area contributed by atoms with Crippen molar-refractivity contribution in [3.63, 3.8) is 0 Å². The average Bonchev–Trinajstić information content (AvgIpc) is 2.77. The summed E-state index contributed by atoms with van der Waals surface area (Å²) in [6.45, 7) is 1.74. The Kier molecular flexibility index (Phi) is 9.11. The van der Waals surface area contributed by atoms with E-state index in [1.54, 1.807) is 24.3 Å². The van der Waals surface area contributed by atoms with Crippen molar-refractivity contribution < 1.29 is 31.2 Å². The number of rotatable bonds is 11. The van der Waals surface area contributed by atoms with E-state index in [4.69, 9.17) is 9.88 Å². The first-order chi connectivity index (χ1) is 15.4. The van der Waals surface area contributed by atoms with Gasteiger partial charge in [0.1, 0.15) is 0 Å². The Bertz CT molecular complexity index is 1180. The number of esters is 1. The zero-order valence-electron chi connectivity index (χ0n) is 18.3. The number of primary sulfonamides is 1. The van der Waals surface area contributed by atoms with Gasteiger partial charge in [-0.05, 0) is 62.2 Å². The van der Waals surface area contributed by atoms with E-state index in [1.807, 2.05) is 0 Å². The molecule has 0 fully saturated rings. The van der Waals surface area contributed by atoms with Crippen molar-refractivity contribution in [1.29, 1.82) is 0 Å². The predicted octanol–water partition coefficient (Wildman–Crippen LogP) is 0.465. The van der Waals surface area contributed by atoms with Gasteiger partial charge >= 0.3 is 5.97 Å². The zero-order chi connectivity index (χ0) is 24.6. The molecule has 2 aromatic rings. The third-order valence-electron chi connectivity index (χ3n) is 4.76. The molecule has 1 amide bonds. The van der Waals surface area contributed by atoms with E-state index in [2.05, 4.69) is 10.0 Å². The Morgan fingerprint density at radius 1 is 0.909 bits per heavy atom. The minimum atomic E-state index is -3.75. The van der Waals surface area contributed by atoms with Crippen molar-refractivity contribution in [2.75, 3.05) is 13.6 Å². The molecule has 0 aliphatic heterocycles. The number of nitrogens with one attached hydrogen (secondary N) is 2. The molecule has 0 aliphatic rings. The van der Waals surface area contributed by atoms with Crippen LogP contribution in [-0.2, 0) is 47.2 Å². The van der Waals surface area contributed by atoms with E-state index in [9.17, 15) is 26.4 Å². The van der Waals surface area contributed by atoms with Crippen molar-refractivity contribution in [3.8, 4) is 0 Å². The van der Waals surface area contributed by atoms with Gasteiger partial charge in [-0.3, -0.25) is 9.59 Å². The Morgan fingerprint density at radius 3 is 1.94 bits per heavy atom. The second kappa shape index (κ2) is 11.4. The number of ether oxygens (including phenoxy) is 1. The maximum Gasteiger partial charge on any atom is 0.306 e. The van der Waals surface area contributed by atoms with Crippen LogP contribution in [0.2, 0.25) is 0 Å². The number of amides is 1. The van der Waals surface area contributed by atoms with Crippen molar-refractivity contribution in [2.45, 2.75) is 42.1 Å². The number of aryl methyl sites for hydroxylation is 1. The van der Waals surface area contributed by atoms with Crippen LogP contribution < -0.4 is 15.2 Å². The largest absolute Gasteiger partial charge is 0.453 e. The lowest BCUT2D eigenvalue weighted by atomic mass is 10.1. The van der Waals surface area contributed by atoms with Crippen molar-refractivity contribution in [2.24, 2.45) is 5.14 Å². The average molecular weight is 498 g/mol. The Hall–Kier alpha value is -2.80. The standard InChI is InChI=1S/C21H27N3O7S2/c1-15(21(26)24-14-13-17-3-8-18(9-4-17)32(22,27)28)31-20(25)12-7-16-5-10-19(11-6-16)33(29,30)23-2/h3-6,8-11,15,23H,7,12-14H2,1-2H3,(H,24,26)(H2,22,27,28). The van der Waals surface area contributed by atoms with E-state index in [0.717, 1.165) is 11.1 Å². The Labute approximate surface area is 193 Å². The highest BCUT2D eigenvalue weighted by Gasteiger charge is 2.17. The van der Waals surface area contributed by atoms with Crippen LogP contribution in [0.4, 0.5) is 0 Å². The van der Waals surface area contributed by atoms with Gasteiger partial charge in [0.25, 0.3) is 5.91 Å². The molecule has 0 radical (unpaired) electrons. The highest BCUT2D eigenvalue weighted by atomic mass is 32.2. The molecular weight excluding hydrogens is 470 g/mol. The van der Waals surface area contributed by atoms with Crippen LogP contribution in [0.15, 0.2) is 58.3 Å². The fourth-order valence-electron chi connectivity index (χ4n) is 2.83. The van der Waals surface area contributed by atoms with E-state index in [0.29, 0.717) is 12.8 Å². The summed E-state index contributed by atoms with van der Waals surface area (Å²) in [6, 6.07) is 12.1. The molecule has 33 heavy (non-hydrogen) atoms. The molecule has 2 rings (SSSR count). The van der Waals surface area contributed by atoms with Crippen LogP contribution in [0.3, 0.4) is 0 Å². The third kappa shape index (κ3) is 8.24. The molecule has 0 saturated heterocycles. The summed E-state index contributed by atoms with van der Waals surface area (Å²) in [4.78, 5) is 24.3. The van der Waals surface area contributed by atoms with Gasteiger partial charge in [-0.1, -0.05) is 24.3 Å². The van der Waals surface area contributed by atoms with Gasteiger partial charge in [0.15, 0.2) is 6.10 Å². The van der Waals surface area contributed by atoms with Crippen LogP contribution in [0, 0.1) is 0 Å². The second-order valence-corrected chi connectivity index (χ2v) is 10.7. The first kappa shape index (κ1) is 26.5. The van der Waals surface area contributed by atoms with Gasteiger partial charge in [-0.15, -0.1) is 0 Å². The quantitative estimate of drug-likeness (QED) is 0.380. The highest BCUT2D eigenvalue weighted by Crippen LogP contribution is 2.12. The van der Waals surface area contributed by atoms with Crippen molar-refractivity contribution in [3.05, 3.63) is 59.7 Å². The summed E-state index contributed by atoms with van der Waals surface area (Å²) in [5.41, 5.74) is 1.56. The molecule has 0 heterocycles. The molecule has 12 heteroatoms. The number of hydrogen-bond acceptors (Lipinski definition) is 7. The molecule has 180 valence electrons. The SMILES string of the molecule is CNS(=O)(=O)c1ccc(CCC(=O)OC(C)C(=O)NCCc2ccc(S(N)(=O)=O)cc2)cc1. The lowest BCUT2D eigenvalue weighted by molar-refractivity contribution is -0.154. The van der Waals surface area contributed by atoms with Gasteiger partial charge in [0.05, 0.1) is 9.79 Å². The summed E-state index contributed by atoms with van der Waals surface area (Å²) >= 11 is 0. The van der Waals surface area contributed by atoms with Crippen molar-refractivity contribution >= 4 is 31.9 Å². The summed E-state index contributed by atoms with van der Waals surface area (Å²) in [6.07, 6.45) is -0.157. The molecule has 0 aromatic heterocycles. The van der Waals surface area contributed by atoms with Gasteiger partial charge in [-0.25, -0.2) is 26.7 Å². The van der Waals surface area contributed by atoms with E-state index in [-0.39, 0.29) is 22.8 Å². The summed E-state index contributed by atoms with van der Waals surface area (Å²) < 4.78 is 53.3. The summed E-state index contributed by atoms with van der Waals surface area (Å²) in [5, 5.41) is 7.71. The molecule has 4 N–H and O–H groups in total.